The Morgan fingerprint density at radius 1 is 1.37 bits per heavy atom. The number of hydrogen-bond donors (Lipinski definition) is 1. The Hall–Kier alpha value is -1.20. The van der Waals surface area contributed by atoms with Crippen LogP contribution >= 0.6 is 0 Å². The molecule has 2 rings (SSSR count). The van der Waals surface area contributed by atoms with E-state index in [4.69, 9.17) is 0 Å². The van der Waals surface area contributed by atoms with E-state index in [9.17, 15) is 18.4 Å². The normalized spacial score (nSPS) is 32.2. The number of hydrogen-bond acceptors (Lipinski definition) is 2. The second kappa shape index (κ2) is 4.72. The Balaban J connectivity index is 2.30. The molecule has 1 saturated carbocycles. The van der Waals surface area contributed by atoms with Crippen molar-refractivity contribution in [3.8, 4) is 0 Å². The third-order valence-electron chi connectivity index (χ3n) is 4.05. The summed E-state index contributed by atoms with van der Waals surface area (Å²) in [7, 11) is 0. The highest BCUT2D eigenvalue weighted by atomic mass is 19.3. The highest BCUT2D eigenvalue weighted by molar-refractivity contribution is 6.00. The third kappa shape index (κ3) is 2.44. The van der Waals surface area contributed by atoms with Gasteiger partial charge in [0.1, 0.15) is 11.6 Å². The molecular weight excluding hydrogens is 254 g/mol. The van der Waals surface area contributed by atoms with E-state index in [1.54, 1.807) is 20.8 Å². The van der Waals surface area contributed by atoms with Gasteiger partial charge in [0, 0.05) is 0 Å². The predicted octanol–water partition coefficient (Wildman–Crippen LogP) is 1.40. The lowest BCUT2D eigenvalue weighted by molar-refractivity contribution is -0.159. The minimum atomic E-state index is -2.63. The molecule has 2 amide bonds. The Kier molecular flexibility index (Phi) is 3.53. The summed E-state index contributed by atoms with van der Waals surface area (Å²) >= 11 is 0. The average Bonchev–Trinajstić information content (AvgIpc) is 3.07. The Morgan fingerprint density at radius 3 is 2.37 bits per heavy atom. The Labute approximate surface area is 111 Å². The summed E-state index contributed by atoms with van der Waals surface area (Å²) in [4.78, 5) is 25.7. The summed E-state index contributed by atoms with van der Waals surface area (Å²) in [6.07, 6.45) is -0.908. The smallest absolute Gasteiger partial charge is 0.255 e. The first-order valence-corrected chi connectivity index (χ1v) is 6.68. The van der Waals surface area contributed by atoms with Crippen LogP contribution in [0, 0.1) is 11.8 Å². The lowest BCUT2D eigenvalue weighted by Crippen LogP contribution is -2.71. The summed E-state index contributed by atoms with van der Waals surface area (Å²) in [5.41, 5.74) is -1.00. The monoisotopic (exact) mass is 274 g/mol. The molecule has 0 spiro atoms. The summed E-state index contributed by atoms with van der Waals surface area (Å²) in [5.74, 6) is -0.790. The minimum absolute atomic E-state index is 0.0808. The van der Waals surface area contributed by atoms with Gasteiger partial charge in [0.2, 0.25) is 11.8 Å². The van der Waals surface area contributed by atoms with Crippen LogP contribution in [0.1, 0.15) is 33.6 Å². The quantitative estimate of drug-likeness (QED) is 0.842. The van der Waals surface area contributed by atoms with Crippen molar-refractivity contribution in [2.75, 3.05) is 6.54 Å². The number of piperazine rings is 1. The van der Waals surface area contributed by atoms with Crippen molar-refractivity contribution in [3.63, 3.8) is 0 Å². The molecule has 1 N–H and O–H groups in total. The molecule has 2 unspecified atom stereocenters. The molecule has 2 fully saturated rings. The van der Waals surface area contributed by atoms with Gasteiger partial charge in [0.25, 0.3) is 6.43 Å². The maximum Gasteiger partial charge on any atom is 0.255 e. The molecule has 2 aliphatic rings. The number of nitrogens with one attached hydrogen (secondary N) is 1. The fraction of sp³-hybridized carbons (Fsp3) is 0.846. The lowest BCUT2D eigenvalue weighted by Gasteiger charge is -2.46. The Morgan fingerprint density at radius 2 is 1.95 bits per heavy atom. The van der Waals surface area contributed by atoms with Gasteiger partial charge in [-0.05, 0) is 31.6 Å². The van der Waals surface area contributed by atoms with Crippen LogP contribution in [0.5, 0.6) is 0 Å². The van der Waals surface area contributed by atoms with Gasteiger partial charge in [0.05, 0.1) is 6.54 Å². The molecule has 1 heterocycles. The molecule has 0 bridgehead atoms. The SMILES string of the molecule is CC(C)C1C(=O)NC(C)(C2CC2)C(=O)N1CC(F)F. The van der Waals surface area contributed by atoms with Gasteiger partial charge in [-0.3, -0.25) is 9.59 Å². The molecule has 1 aliphatic carbocycles. The zero-order chi connectivity index (χ0) is 14.4. The maximum absolute atomic E-state index is 12.7. The summed E-state index contributed by atoms with van der Waals surface area (Å²) in [5, 5.41) is 2.76. The van der Waals surface area contributed by atoms with E-state index < -0.39 is 24.6 Å². The first-order chi connectivity index (χ1) is 8.77. The summed E-state index contributed by atoms with van der Waals surface area (Å²) < 4.78 is 25.4. The average molecular weight is 274 g/mol. The van der Waals surface area contributed by atoms with E-state index in [1.165, 1.54) is 0 Å². The van der Waals surface area contributed by atoms with Crippen LogP contribution in [0.3, 0.4) is 0 Å². The molecule has 108 valence electrons. The third-order valence-corrected chi connectivity index (χ3v) is 4.05. The Bertz CT molecular complexity index is 396. The largest absolute Gasteiger partial charge is 0.340 e. The van der Waals surface area contributed by atoms with Crippen LogP contribution in [0.25, 0.3) is 0 Å². The van der Waals surface area contributed by atoms with Crippen molar-refractivity contribution in [2.24, 2.45) is 11.8 Å². The van der Waals surface area contributed by atoms with Crippen LogP contribution in [-0.4, -0.2) is 41.3 Å². The molecular formula is C13H20F2N2O2. The molecule has 0 radical (unpaired) electrons. The second-order valence-electron chi connectivity index (χ2n) is 6.00. The highest BCUT2D eigenvalue weighted by Gasteiger charge is 2.56. The van der Waals surface area contributed by atoms with E-state index >= 15 is 0 Å². The van der Waals surface area contributed by atoms with Crippen LogP contribution in [0.4, 0.5) is 8.78 Å². The number of halogens is 2. The number of alkyl halides is 2. The molecule has 4 nitrogen and oxygen atoms in total. The second-order valence-corrected chi connectivity index (χ2v) is 6.00. The number of nitrogens with zero attached hydrogens (tertiary/aromatic N) is 1. The number of amides is 2. The van der Waals surface area contributed by atoms with Crippen LogP contribution < -0.4 is 5.32 Å². The van der Waals surface area contributed by atoms with E-state index in [-0.39, 0.29) is 23.7 Å². The molecule has 2 atom stereocenters. The fourth-order valence-electron chi connectivity index (χ4n) is 2.89. The van der Waals surface area contributed by atoms with Gasteiger partial charge in [-0.2, -0.15) is 0 Å². The van der Waals surface area contributed by atoms with Crippen molar-refractivity contribution in [1.82, 2.24) is 10.2 Å². The number of rotatable bonds is 4. The van der Waals surface area contributed by atoms with Crippen molar-refractivity contribution >= 4 is 11.8 Å². The summed E-state index contributed by atoms with van der Waals surface area (Å²) in [6.45, 7) is 4.50. The van der Waals surface area contributed by atoms with Gasteiger partial charge in [0.15, 0.2) is 0 Å². The summed E-state index contributed by atoms with van der Waals surface area (Å²) in [6, 6.07) is -0.798. The maximum atomic E-state index is 12.7. The van der Waals surface area contributed by atoms with Crippen LogP contribution in [0.2, 0.25) is 0 Å². The highest BCUT2D eigenvalue weighted by Crippen LogP contribution is 2.42. The zero-order valence-electron chi connectivity index (χ0n) is 11.5. The fourth-order valence-corrected chi connectivity index (χ4v) is 2.89. The van der Waals surface area contributed by atoms with Crippen LogP contribution in [0.15, 0.2) is 0 Å². The number of carbonyl (C=O) groups excluding carboxylic acids is 2. The topological polar surface area (TPSA) is 49.4 Å². The molecule has 19 heavy (non-hydrogen) atoms. The molecule has 0 aromatic carbocycles. The van der Waals surface area contributed by atoms with Crippen molar-refractivity contribution < 1.29 is 18.4 Å². The van der Waals surface area contributed by atoms with E-state index in [2.05, 4.69) is 5.32 Å². The molecule has 1 saturated heterocycles. The van der Waals surface area contributed by atoms with E-state index in [0.717, 1.165) is 17.7 Å². The molecule has 6 heteroatoms. The first-order valence-electron chi connectivity index (χ1n) is 6.68. The van der Waals surface area contributed by atoms with Gasteiger partial charge in [-0.15, -0.1) is 0 Å². The first kappa shape index (κ1) is 14.2. The van der Waals surface area contributed by atoms with Gasteiger partial charge >= 0.3 is 0 Å². The predicted molar refractivity (Wildman–Crippen MR) is 65.6 cm³/mol. The van der Waals surface area contributed by atoms with Crippen molar-refractivity contribution in [3.05, 3.63) is 0 Å². The number of carbonyl (C=O) groups is 2. The van der Waals surface area contributed by atoms with Crippen molar-refractivity contribution in [2.45, 2.75) is 51.6 Å². The van der Waals surface area contributed by atoms with Gasteiger partial charge in [-0.1, -0.05) is 13.8 Å². The molecule has 1 aliphatic heterocycles. The standard InChI is InChI=1S/C13H20F2N2O2/c1-7(2)10-11(18)16-13(3,8-4-5-8)12(19)17(10)6-9(14)15/h7-10H,4-6H2,1-3H3,(H,16,18). The van der Waals surface area contributed by atoms with Gasteiger partial charge in [-0.25, -0.2) is 8.78 Å². The molecule has 0 aromatic rings. The van der Waals surface area contributed by atoms with Crippen molar-refractivity contribution in [1.29, 1.82) is 0 Å². The zero-order valence-corrected chi connectivity index (χ0v) is 11.5. The minimum Gasteiger partial charge on any atom is -0.340 e. The molecule has 0 aromatic heterocycles. The van der Waals surface area contributed by atoms with Crippen LogP contribution in [-0.2, 0) is 9.59 Å². The van der Waals surface area contributed by atoms with E-state index in [0.29, 0.717) is 0 Å². The lowest BCUT2D eigenvalue weighted by atomic mass is 9.86. The van der Waals surface area contributed by atoms with E-state index in [1.807, 2.05) is 0 Å². The van der Waals surface area contributed by atoms with Gasteiger partial charge < -0.3 is 10.2 Å².